The summed E-state index contributed by atoms with van der Waals surface area (Å²) in [6, 6.07) is 19.7. The van der Waals surface area contributed by atoms with E-state index in [4.69, 9.17) is 34.8 Å². The van der Waals surface area contributed by atoms with Crippen LogP contribution >= 0.6 is 34.8 Å². The molecule has 0 aliphatic heterocycles. The first-order valence-electron chi connectivity index (χ1n) is 12.3. The number of halogens is 3. The lowest BCUT2D eigenvalue weighted by molar-refractivity contribution is -0.140. The van der Waals surface area contributed by atoms with Gasteiger partial charge < -0.3 is 10.2 Å². The van der Waals surface area contributed by atoms with E-state index in [1.807, 2.05) is 37.3 Å². The number of rotatable bonds is 12. The van der Waals surface area contributed by atoms with E-state index in [0.29, 0.717) is 23.6 Å². The van der Waals surface area contributed by atoms with Crippen LogP contribution in [-0.4, -0.2) is 50.5 Å². The number of hydrogen-bond donors (Lipinski definition) is 1. The van der Waals surface area contributed by atoms with Gasteiger partial charge in [0.25, 0.3) is 0 Å². The van der Waals surface area contributed by atoms with Crippen molar-refractivity contribution in [2.45, 2.75) is 32.4 Å². The molecule has 0 bridgehead atoms. The third kappa shape index (κ3) is 8.86. The number of amides is 2. The number of carbonyl (C=O) groups is 2. The summed E-state index contributed by atoms with van der Waals surface area (Å²) in [7, 11) is -3.94. The topological polar surface area (TPSA) is 86.8 Å². The van der Waals surface area contributed by atoms with Crippen molar-refractivity contribution in [3.8, 4) is 0 Å². The SMILES string of the molecule is CCCNC(=O)[C@H](Cc1ccccc1)N(Cc1ccccc1Cl)C(=O)CN(c1cc(Cl)cc(Cl)c1)S(C)(=O)=O. The van der Waals surface area contributed by atoms with Gasteiger partial charge in [-0.05, 0) is 41.8 Å². The predicted molar refractivity (Wildman–Crippen MR) is 158 cm³/mol. The van der Waals surface area contributed by atoms with Crippen molar-refractivity contribution >= 4 is 62.3 Å². The molecule has 11 heteroatoms. The van der Waals surface area contributed by atoms with Gasteiger partial charge in [-0.15, -0.1) is 0 Å². The second-order valence-corrected chi connectivity index (χ2v) is 12.2. The van der Waals surface area contributed by atoms with Crippen LogP contribution in [0, 0.1) is 0 Å². The van der Waals surface area contributed by atoms with E-state index in [-0.39, 0.29) is 34.6 Å². The summed E-state index contributed by atoms with van der Waals surface area (Å²) in [5, 5.41) is 3.74. The third-order valence-corrected chi connectivity index (χ3v) is 7.88. The normalized spacial score (nSPS) is 12.0. The van der Waals surface area contributed by atoms with Gasteiger partial charge in [0.2, 0.25) is 21.8 Å². The average Bonchev–Trinajstić information content (AvgIpc) is 2.88. The molecule has 39 heavy (non-hydrogen) atoms. The monoisotopic (exact) mass is 609 g/mol. The Balaban J connectivity index is 2.07. The van der Waals surface area contributed by atoms with Crippen LogP contribution in [-0.2, 0) is 32.6 Å². The predicted octanol–water partition coefficient (Wildman–Crippen LogP) is 5.58. The first-order valence-corrected chi connectivity index (χ1v) is 15.3. The summed E-state index contributed by atoms with van der Waals surface area (Å²) >= 11 is 18.7. The molecule has 1 N–H and O–H groups in total. The Kier molecular flexibility index (Phi) is 11.1. The Morgan fingerprint density at radius 1 is 0.923 bits per heavy atom. The number of sulfonamides is 1. The number of anilines is 1. The van der Waals surface area contributed by atoms with Crippen LogP contribution in [0.2, 0.25) is 15.1 Å². The maximum Gasteiger partial charge on any atom is 0.244 e. The summed E-state index contributed by atoms with van der Waals surface area (Å²) in [6.07, 6.45) is 1.91. The minimum absolute atomic E-state index is 0.0105. The number of benzene rings is 3. The zero-order valence-corrected chi connectivity index (χ0v) is 24.7. The highest BCUT2D eigenvalue weighted by Crippen LogP contribution is 2.28. The van der Waals surface area contributed by atoms with Crippen LogP contribution in [0.1, 0.15) is 24.5 Å². The van der Waals surface area contributed by atoms with Crippen molar-refractivity contribution in [3.63, 3.8) is 0 Å². The summed E-state index contributed by atoms with van der Waals surface area (Å²) in [5.41, 5.74) is 1.59. The van der Waals surface area contributed by atoms with Crippen LogP contribution in [0.15, 0.2) is 72.8 Å². The van der Waals surface area contributed by atoms with Crippen molar-refractivity contribution in [3.05, 3.63) is 99.0 Å². The van der Waals surface area contributed by atoms with Crippen LogP contribution in [0.4, 0.5) is 5.69 Å². The summed E-state index contributed by atoms with van der Waals surface area (Å²) in [6.45, 7) is 1.77. The second kappa shape index (κ2) is 14.0. The van der Waals surface area contributed by atoms with E-state index in [2.05, 4.69) is 5.32 Å². The molecule has 0 aliphatic carbocycles. The molecule has 1 atom stereocenters. The lowest BCUT2D eigenvalue weighted by atomic mass is 10.0. The summed E-state index contributed by atoms with van der Waals surface area (Å²) < 4.78 is 26.6. The first-order chi connectivity index (χ1) is 18.5. The smallest absolute Gasteiger partial charge is 0.244 e. The molecule has 3 rings (SSSR count). The van der Waals surface area contributed by atoms with Crippen molar-refractivity contribution in [1.82, 2.24) is 10.2 Å². The van der Waals surface area contributed by atoms with E-state index < -0.39 is 28.5 Å². The van der Waals surface area contributed by atoms with Gasteiger partial charge in [-0.25, -0.2) is 8.42 Å². The molecule has 0 saturated carbocycles. The fourth-order valence-corrected chi connectivity index (χ4v) is 5.57. The highest BCUT2D eigenvalue weighted by Gasteiger charge is 2.33. The Bertz CT molecular complexity index is 1380. The molecule has 0 saturated heterocycles. The molecule has 0 aromatic heterocycles. The van der Waals surface area contributed by atoms with Crippen LogP contribution in [0.25, 0.3) is 0 Å². The number of nitrogens with one attached hydrogen (secondary N) is 1. The largest absolute Gasteiger partial charge is 0.354 e. The van der Waals surface area contributed by atoms with Crippen LogP contribution < -0.4 is 9.62 Å². The van der Waals surface area contributed by atoms with Gasteiger partial charge in [-0.3, -0.25) is 13.9 Å². The molecule has 0 spiro atoms. The first kappa shape index (κ1) is 30.8. The van der Waals surface area contributed by atoms with Gasteiger partial charge in [-0.1, -0.05) is 90.3 Å². The molecule has 208 valence electrons. The molecule has 3 aromatic rings. The van der Waals surface area contributed by atoms with E-state index in [1.165, 1.54) is 23.1 Å². The van der Waals surface area contributed by atoms with E-state index >= 15 is 0 Å². The van der Waals surface area contributed by atoms with Crippen molar-refractivity contribution in [1.29, 1.82) is 0 Å². The Morgan fingerprint density at radius 3 is 2.13 bits per heavy atom. The molecule has 0 fully saturated rings. The second-order valence-electron chi connectivity index (χ2n) is 9.01. The zero-order chi connectivity index (χ0) is 28.6. The summed E-state index contributed by atoms with van der Waals surface area (Å²) in [5.74, 6) is -0.943. The van der Waals surface area contributed by atoms with E-state index in [0.717, 1.165) is 16.1 Å². The quantitative estimate of drug-likeness (QED) is 0.290. The molecule has 0 heterocycles. The number of nitrogens with zero attached hydrogens (tertiary/aromatic N) is 2. The fourth-order valence-electron chi connectivity index (χ4n) is 4.03. The highest BCUT2D eigenvalue weighted by atomic mass is 35.5. The molecule has 0 aliphatic rings. The lowest BCUT2D eigenvalue weighted by Gasteiger charge is -2.33. The fraction of sp³-hybridized carbons (Fsp3) is 0.286. The average molecular weight is 611 g/mol. The van der Waals surface area contributed by atoms with Gasteiger partial charge in [0.1, 0.15) is 12.6 Å². The number of carbonyl (C=O) groups excluding carboxylic acids is 2. The Hall–Kier alpha value is -2.78. The molecule has 7 nitrogen and oxygen atoms in total. The molecule has 0 radical (unpaired) electrons. The molecule has 0 unspecified atom stereocenters. The van der Waals surface area contributed by atoms with Crippen LogP contribution in [0.5, 0.6) is 0 Å². The summed E-state index contributed by atoms with van der Waals surface area (Å²) in [4.78, 5) is 28.8. The van der Waals surface area contributed by atoms with E-state index in [1.54, 1.807) is 24.3 Å². The molecular formula is C28H30Cl3N3O4S. The van der Waals surface area contributed by atoms with E-state index in [9.17, 15) is 18.0 Å². The molecule has 2 amide bonds. The van der Waals surface area contributed by atoms with Crippen LogP contribution in [0.3, 0.4) is 0 Å². The number of hydrogen-bond acceptors (Lipinski definition) is 4. The van der Waals surface area contributed by atoms with Gasteiger partial charge in [-0.2, -0.15) is 0 Å². The van der Waals surface area contributed by atoms with Crippen molar-refractivity contribution < 1.29 is 18.0 Å². The highest BCUT2D eigenvalue weighted by molar-refractivity contribution is 7.92. The third-order valence-electron chi connectivity index (χ3n) is 5.93. The van der Waals surface area contributed by atoms with Crippen molar-refractivity contribution in [2.24, 2.45) is 0 Å². The maximum atomic E-state index is 14.0. The van der Waals surface area contributed by atoms with Crippen molar-refractivity contribution in [2.75, 3.05) is 23.7 Å². The Labute approximate surface area is 244 Å². The molecule has 3 aromatic carbocycles. The molecular weight excluding hydrogens is 581 g/mol. The van der Waals surface area contributed by atoms with Gasteiger partial charge in [0.05, 0.1) is 11.9 Å². The Morgan fingerprint density at radius 2 is 1.54 bits per heavy atom. The standard InChI is InChI=1S/C28H30Cl3N3O4S/c1-3-13-32-28(36)26(14-20-9-5-4-6-10-20)33(18-21-11-7-8-12-25(21)31)27(35)19-34(39(2,37)38)24-16-22(29)15-23(30)17-24/h4-12,15-17,26H,3,13-14,18-19H2,1-2H3,(H,32,36)/t26-/m0/s1. The zero-order valence-electron chi connectivity index (χ0n) is 21.6. The minimum atomic E-state index is -3.94. The minimum Gasteiger partial charge on any atom is -0.354 e. The van der Waals surface area contributed by atoms with Gasteiger partial charge >= 0.3 is 0 Å². The lowest BCUT2D eigenvalue weighted by Crippen LogP contribution is -2.53. The maximum absolute atomic E-state index is 14.0. The van der Waals surface area contributed by atoms with Gasteiger partial charge in [0, 0.05) is 34.6 Å². The van der Waals surface area contributed by atoms with Gasteiger partial charge in [0.15, 0.2) is 0 Å².